The van der Waals surface area contributed by atoms with E-state index in [1.165, 1.54) is 34.8 Å². The van der Waals surface area contributed by atoms with Crippen LogP contribution in [-0.4, -0.2) is 125 Å². The van der Waals surface area contributed by atoms with Crippen molar-refractivity contribution in [3.05, 3.63) is 66.6 Å². The second-order valence-electron chi connectivity index (χ2n) is 15.4. The number of nitrogens with zero attached hydrogens (tertiary/aromatic N) is 5. The summed E-state index contributed by atoms with van der Waals surface area (Å²) in [6.07, 6.45) is 1.83. The van der Waals surface area contributed by atoms with Crippen LogP contribution < -0.4 is 10.6 Å². The van der Waals surface area contributed by atoms with Crippen molar-refractivity contribution in [3.63, 3.8) is 0 Å². The minimum atomic E-state index is -0.928. The van der Waals surface area contributed by atoms with E-state index in [0.29, 0.717) is 48.7 Å². The van der Waals surface area contributed by atoms with Gasteiger partial charge in [0.1, 0.15) is 29.2 Å². The van der Waals surface area contributed by atoms with Crippen molar-refractivity contribution in [1.29, 1.82) is 0 Å². The lowest BCUT2D eigenvalue weighted by atomic mass is 9.98. The molecule has 8 rings (SSSR count). The van der Waals surface area contributed by atoms with Gasteiger partial charge < -0.3 is 53.8 Å². The number of likely N-dealkylation sites (tertiary alicyclic amines) is 2. The van der Waals surface area contributed by atoms with Crippen LogP contribution in [0.1, 0.15) is 63.3 Å². The molecule has 0 saturated carbocycles. The van der Waals surface area contributed by atoms with Crippen LogP contribution in [0.3, 0.4) is 0 Å². The van der Waals surface area contributed by atoms with Crippen molar-refractivity contribution < 1.29 is 42.5 Å². The number of nitrogens with one attached hydrogen (secondary N) is 4. The van der Waals surface area contributed by atoms with Crippen LogP contribution in [0.5, 0.6) is 0 Å². The van der Waals surface area contributed by atoms with E-state index in [4.69, 9.17) is 33.3 Å². The Morgan fingerprint density at radius 1 is 0.705 bits per heavy atom. The number of carbonyl (C=O) groups is 4. The molecular weight excluding hydrogens is 787 g/mol. The second kappa shape index (κ2) is 17.2. The summed E-state index contributed by atoms with van der Waals surface area (Å²) in [7, 11) is 5.49. The zero-order chi connectivity index (χ0) is 42.9. The highest BCUT2D eigenvalue weighted by Gasteiger charge is 2.40. The van der Waals surface area contributed by atoms with Crippen molar-refractivity contribution in [2.45, 2.75) is 75.9 Å². The van der Waals surface area contributed by atoms with Gasteiger partial charge in [-0.05, 0) is 81.0 Å². The Bertz CT molecular complexity index is 2430. The van der Waals surface area contributed by atoms with Gasteiger partial charge in [0.25, 0.3) is 0 Å². The van der Waals surface area contributed by atoms with Gasteiger partial charge in [0.05, 0.1) is 60.6 Å². The summed E-state index contributed by atoms with van der Waals surface area (Å²) in [6, 6.07) is 13.4. The minimum Gasteiger partial charge on any atom is -0.453 e. The van der Waals surface area contributed by atoms with Crippen molar-refractivity contribution in [1.82, 2.24) is 45.4 Å². The Balaban J connectivity index is 1.04. The fraction of sp³-hybridized carbons (Fsp3) is 0.419. The first-order valence-electron chi connectivity index (χ1n) is 20.2. The van der Waals surface area contributed by atoms with Crippen LogP contribution in [0.2, 0.25) is 0 Å². The van der Waals surface area contributed by atoms with E-state index in [1.807, 2.05) is 48.5 Å². The van der Waals surface area contributed by atoms with Gasteiger partial charge in [0, 0.05) is 38.4 Å². The average Bonchev–Trinajstić information content (AvgIpc) is 4.14. The molecule has 18 nitrogen and oxygen atoms in total. The maximum absolute atomic E-state index is 13.8. The molecule has 4 N–H and O–H groups in total. The van der Waals surface area contributed by atoms with Gasteiger partial charge >= 0.3 is 12.2 Å². The molecule has 3 aromatic carbocycles. The standard InChI is InChI=1S/C43H49N9O9/c1-22(57-3)34(49-42(55)59-5)40(53)51-17-7-9-32(51)38-45-28-15-11-24(19-30(28)47-38)26-13-14-27(37-36(26)44-21-61-37)25-12-16-29-31(20-25)48-39(46-29)33-10-8-18-52(33)41(54)35(23(2)58-4)50-43(56)60-6/h11-16,19-23,32-35H,7-10,17-18H2,1-6H3,(H,45,47)(H,46,48)(H,49,55)(H,50,56)/t22-,23-,32+,33+,34+,35+/m1/s1. The minimum absolute atomic E-state index is 0.270. The Labute approximate surface area is 350 Å². The number of aromatic amines is 2. The molecule has 2 saturated heterocycles. The molecular formula is C43H49N9O9. The number of ether oxygens (including phenoxy) is 4. The third-order valence-electron chi connectivity index (χ3n) is 11.9. The predicted octanol–water partition coefficient (Wildman–Crippen LogP) is 5.76. The summed E-state index contributed by atoms with van der Waals surface area (Å²) in [5.41, 5.74) is 7.87. The van der Waals surface area contributed by atoms with E-state index in [1.54, 1.807) is 23.6 Å². The number of oxazole rings is 1. The number of hydrogen-bond donors (Lipinski definition) is 4. The number of alkyl carbamates (subject to hydrolysis) is 2. The van der Waals surface area contributed by atoms with E-state index >= 15 is 0 Å². The van der Waals surface area contributed by atoms with Crippen molar-refractivity contribution >= 4 is 57.2 Å². The van der Waals surface area contributed by atoms with Gasteiger partial charge in [-0.2, -0.15) is 0 Å². The Morgan fingerprint density at radius 2 is 1.25 bits per heavy atom. The van der Waals surface area contributed by atoms with Crippen molar-refractivity contribution in [3.8, 4) is 22.3 Å². The van der Waals surface area contributed by atoms with Crippen molar-refractivity contribution in [2.24, 2.45) is 0 Å². The second-order valence-corrected chi connectivity index (χ2v) is 15.4. The van der Waals surface area contributed by atoms with Crippen LogP contribution in [0.4, 0.5) is 9.59 Å². The smallest absolute Gasteiger partial charge is 0.407 e. The molecule has 0 aliphatic carbocycles. The largest absolute Gasteiger partial charge is 0.453 e. The molecule has 0 radical (unpaired) electrons. The molecule has 6 aromatic rings. The number of benzene rings is 3. The van der Waals surface area contributed by atoms with E-state index in [0.717, 1.165) is 57.2 Å². The van der Waals surface area contributed by atoms with E-state index in [2.05, 4.69) is 25.6 Å². The molecule has 0 unspecified atom stereocenters. The number of imidazole rings is 2. The first kappa shape index (κ1) is 41.2. The quantitative estimate of drug-likeness (QED) is 0.116. The molecule has 2 fully saturated rings. The number of hydrogen-bond acceptors (Lipinski definition) is 12. The van der Waals surface area contributed by atoms with Gasteiger partial charge in [-0.3, -0.25) is 9.59 Å². The third-order valence-corrected chi connectivity index (χ3v) is 11.9. The Hall–Kier alpha value is -6.53. The lowest BCUT2D eigenvalue weighted by Crippen LogP contribution is -2.54. The van der Waals surface area contributed by atoms with E-state index in [9.17, 15) is 19.2 Å². The summed E-state index contributed by atoms with van der Waals surface area (Å²) in [4.78, 5) is 76.6. The van der Waals surface area contributed by atoms with Crippen LogP contribution >= 0.6 is 0 Å². The molecule has 3 aromatic heterocycles. The number of fused-ring (bicyclic) bond motifs is 3. The summed E-state index contributed by atoms with van der Waals surface area (Å²) in [6.45, 7) is 4.48. The van der Waals surface area contributed by atoms with Gasteiger partial charge in [-0.15, -0.1) is 0 Å². The Kier molecular flexibility index (Phi) is 11.6. The topological polar surface area (TPSA) is 219 Å². The summed E-state index contributed by atoms with van der Waals surface area (Å²) >= 11 is 0. The predicted molar refractivity (Wildman–Crippen MR) is 223 cm³/mol. The van der Waals surface area contributed by atoms with Gasteiger partial charge in [-0.1, -0.05) is 18.2 Å². The highest BCUT2D eigenvalue weighted by atomic mass is 16.5. The number of carbonyl (C=O) groups excluding carboxylic acids is 4. The number of amides is 4. The lowest BCUT2D eigenvalue weighted by molar-refractivity contribution is -0.138. The molecule has 0 spiro atoms. The van der Waals surface area contributed by atoms with Crippen LogP contribution in [0.15, 0.2) is 59.3 Å². The maximum Gasteiger partial charge on any atom is 0.407 e. The van der Waals surface area contributed by atoms with Crippen LogP contribution in [0.25, 0.3) is 55.4 Å². The maximum atomic E-state index is 13.8. The monoisotopic (exact) mass is 835 g/mol. The lowest BCUT2D eigenvalue weighted by Gasteiger charge is -2.30. The highest BCUT2D eigenvalue weighted by Crippen LogP contribution is 2.39. The highest BCUT2D eigenvalue weighted by molar-refractivity contribution is 6.01. The molecule has 18 heteroatoms. The van der Waals surface area contributed by atoms with E-state index in [-0.39, 0.29) is 23.9 Å². The summed E-state index contributed by atoms with van der Waals surface area (Å²) in [5.74, 6) is 0.776. The number of H-pyrrole nitrogens is 2. The molecule has 61 heavy (non-hydrogen) atoms. The summed E-state index contributed by atoms with van der Waals surface area (Å²) < 4.78 is 26.4. The summed E-state index contributed by atoms with van der Waals surface area (Å²) in [5, 5.41) is 5.26. The first-order chi connectivity index (χ1) is 29.5. The molecule has 320 valence electrons. The third kappa shape index (κ3) is 7.83. The van der Waals surface area contributed by atoms with Crippen LogP contribution in [0, 0.1) is 0 Å². The number of aromatic nitrogens is 5. The van der Waals surface area contributed by atoms with Crippen LogP contribution in [-0.2, 0) is 28.5 Å². The van der Waals surface area contributed by atoms with Gasteiger partial charge in [-0.25, -0.2) is 24.5 Å². The molecule has 5 heterocycles. The molecule has 4 amide bonds. The fourth-order valence-electron chi connectivity index (χ4n) is 8.51. The zero-order valence-electron chi connectivity index (χ0n) is 34.8. The molecule has 2 aliphatic rings. The fourth-order valence-corrected chi connectivity index (χ4v) is 8.51. The SMILES string of the molecule is COC(=O)N[C@H](C(=O)N1CCC[C@H]1c1nc2cc(-c3ccc(-c4ccc5nc([C@@H]6CCCN6C(=O)[C@@H](NC(=O)OC)[C@@H](C)OC)[nH]c5c4)c4ncoc34)ccc2[nH]1)[C@@H](C)OC. The van der Waals surface area contributed by atoms with E-state index < -0.39 is 36.5 Å². The number of rotatable bonds is 12. The first-order valence-corrected chi connectivity index (χ1v) is 20.2. The molecule has 0 bridgehead atoms. The normalized spacial score (nSPS) is 18.7. The molecule has 6 atom stereocenters. The zero-order valence-corrected chi connectivity index (χ0v) is 34.8. The Morgan fingerprint density at radius 3 is 1.84 bits per heavy atom. The number of methoxy groups -OCH3 is 4. The van der Waals surface area contributed by atoms with Crippen molar-refractivity contribution in [2.75, 3.05) is 41.5 Å². The molecule has 2 aliphatic heterocycles. The van der Waals surface area contributed by atoms with Gasteiger partial charge in [0.15, 0.2) is 12.0 Å². The van der Waals surface area contributed by atoms with Gasteiger partial charge in [0.2, 0.25) is 11.8 Å². The average molecular weight is 836 g/mol.